The number of nitrogens with two attached hydrogens (primary N) is 1. The third-order valence-corrected chi connectivity index (χ3v) is 2.48. The minimum absolute atomic E-state index is 0.181. The van der Waals surface area contributed by atoms with Gasteiger partial charge in [-0.2, -0.15) is 0 Å². The Kier molecular flexibility index (Phi) is 6.01. The second-order valence-corrected chi connectivity index (χ2v) is 4.89. The Morgan fingerprint density at radius 2 is 2.22 bits per heavy atom. The standard InChI is InChI=1S/C13H19FN2OS/c1-9(2)8-17-6-5-16-12-4-3-10(14)7-11(12)13(15)18/h3-4,7,9,16H,5-6,8H2,1-2H3,(H2,15,18). The highest BCUT2D eigenvalue weighted by molar-refractivity contribution is 7.80. The summed E-state index contributed by atoms with van der Waals surface area (Å²) in [6.45, 7) is 6.14. The van der Waals surface area contributed by atoms with E-state index < -0.39 is 0 Å². The molecule has 0 spiro atoms. The van der Waals surface area contributed by atoms with E-state index in [2.05, 4.69) is 19.2 Å². The van der Waals surface area contributed by atoms with Crippen molar-refractivity contribution in [2.75, 3.05) is 25.1 Å². The van der Waals surface area contributed by atoms with Crippen molar-refractivity contribution in [3.63, 3.8) is 0 Å². The average Bonchev–Trinajstić information content (AvgIpc) is 2.29. The summed E-state index contributed by atoms with van der Waals surface area (Å²) < 4.78 is 18.5. The molecule has 0 saturated heterocycles. The zero-order valence-electron chi connectivity index (χ0n) is 10.7. The molecule has 100 valence electrons. The van der Waals surface area contributed by atoms with Gasteiger partial charge in [0.15, 0.2) is 0 Å². The second-order valence-electron chi connectivity index (χ2n) is 4.45. The van der Waals surface area contributed by atoms with Gasteiger partial charge in [0.1, 0.15) is 10.8 Å². The van der Waals surface area contributed by atoms with Crippen molar-refractivity contribution in [3.8, 4) is 0 Å². The summed E-state index contributed by atoms with van der Waals surface area (Å²) >= 11 is 4.88. The Bertz CT molecular complexity index is 410. The lowest BCUT2D eigenvalue weighted by atomic mass is 10.1. The Morgan fingerprint density at radius 1 is 1.50 bits per heavy atom. The molecular formula is C13H19FN2OS. The van der Waals surface area contributed by atoms with Crippen LogP contribution in [-0.2, 0) is 4.74 Å². The van der Waals surface area contributed by atoms with E-state index in [-0.39, 0.29) is 10.8 Å². The quantitative estimate of drug-likeness (QED) is 0.590. The summed E-state index contributed by atoms with van der Waals surface area (Å²) in [5.41, 5.74) is 6.80. The van der Waals surface area contributed by atoms with E-state index in [0.29, 0.717) is 24.6 Å². The highest BCUT2D eigenvalue weighted by Gasteiger charge is 2.06. The van der Waals surface area contributed by atoms with Crippen molar-refractivity contribution in [2.45, 2.75) is 13.8 Å². The highest BCUT2D eigenvalue weighted by atomic mass is 32.1. The molecule has 0 unspecified atom stereocenters. The monoisotopic (exact) mass is 270 g/mol. The third-order valence-electron chi connectivity index (χ3n) is 2.26. The van der Waals surface area contributed by atoms with E-state index in [4.69, 9.17) is 22.7 Å². The van der Waals surface area contributed by atoms with Gasteiger partial charge >= 0.3 is 0 Å². The molecule has 0 aliphatic heterocycles. The highest BCUT2D eigenvalue weighted by Crippen LogP contribution is 2.16. The van der Waals surface area contributed by atoms with Crippen LogP contribution < -0.4 is 11.1 Å². The molecule has 0 radical (unpaired) electrons. The first-order chi connectivity index (χ1) is 8.50. The van der Waals surface area contributed by atoms with E-state index in [0.717, 1.165) is 12.3 Å². The molecule has 0 amide bonds. The SMILES string of the molecule is CC(C)COCCNc1ccc(F)cc1C(N)=S. The largest absolute Gasteiger partial charge is 0.389 e. The number of rotatable bonds is 7. The normalized spacial score (nSPS) is 10.7. The fourth-order valence-electron chi connectivity index (χ4n) is 1.45. The summed E-state index contributed by atoms with van der Waals surface area (Å²) in [6, 6.07) is 4.34. The van der Waals surface area contributed by atoms with Gasteiger partial charge < -0.3 is 15.8 Å². The van der Waals surface area contributed by atoms with E-state index in [1.165, 1.54) is 12.1 Å². The van der Waals surface area contributed by atoms with Gasteiger partial charge in [-0.15, -0.1) is 0 Å². The van der Waals surface area contributed by atoms with Gasteiger partial charge in [0.25, 0.3) is 0 Å². The van der Waals surface area contributed by atoms with Crippen molar-refractivity contribution in [1.82, 2.24) is 0 Å². The van der Waals surface area contributed by atoms with Crippen LogP contribution in [-0.4, -0.2) is 24.7 Å². The lowest BCUT2D eigenvalue weighted by Crippen LogP contribution is -2.17. The molecular weight excluding hydrogens is 251 g/mol. The van der Waals surface area contributed by atoms with Gasteiger partial charge in [0, 0.05) is 24.4 Å². The lowest BCUT2D eigenvalue weighted by Gasteiger charge is -2.12. The Morgan fingerprint density at radius 3 is 2.83 bits per heavy atom. The third kappa shape index (κ3) is 4.98. The predicted octanol–water partition coefficient (Wildman–Crippen LogP) is 2.54. The average molecular weight is 270 g/mol. The van der Waals surface area contributed by atoms with Crippen LogP contribution in [0.15, 0.2) is 18.2 Å². The molecule has 0 heterocycles. The van der Waals surface area contributed by atoms with Gasteiger partial charge in [-0.1, -0.05) is 26.1 Å². The number of nitrogens with one attached hydrogen (secondary N) is 1. The zero-order chi connectivity index (χ0) is 13.5. The molecule has 0 bridgehead atoms. The van der Waals surface area contributed by atoms with Crippen LogP contribution in [0.2, 0.25) is 0 Å². The molecule has 3 N–H and O–H groups in total. The minimum atomic E-state index is -0.348. The van der Waals surface area contributed by atoms with Crippen LogP contribution in [0, 0.1) is 11.7 Å². The van der Waals surface area contributed by atoms with Crippen LogP contribution in [0.3, 0.4) is 0 Å². The molecule has 0 aromatic heterocycles. The van der Waals surface area contributed by atoms with E-state index in [9.17, 15) is 4.39 Å². The Hall–Kier alpha value is -1.20. The first-order valence-corrected chi connectivity index (χ1v) is 6.32. The predicted molar refractivity (Wildman–Crippen MR) is 76.4 cm³/mol. The first-order valence-electron chi connectivity index (χ1n) is 5.91. The van der Waals surface area contributed by atoms with Gasteiger partial charge in [-0.25, -0.2) is 4.39 Å². The molecule has 18 heavy (non-hydrogen) atoms. The summed E-state index contributed by atoms with van der Waals surface area (Å²) in [6.07, 6.45) is 0. The number of halogens is 1. The topological polar surface area (TPSA) is 47.3 Å². The van der Waals surface area contributed by atoms with Crippen LogP contribution in [0.25, 0.3) is 0 Å². The number of hydrogen-bond donors (Lipinski definition) is 2. The van der Waals surface area contributed by atoms with Crippen LogP contribution in [0.5, 0.6) is 0 Å². The van der Waals surface area contributed by atoms with Crippen LogP contribution in [0.1, 0.15) is 19.4 Å². The lowest BCUT2D eigenvalue weighted by molar-refractivity contribution is 0.118. The number of thiocarbonyl (C=S) groups is 1. The summed E-state index contributed by atoms with van der Waals surface area (Å²) in [7, 11) is 0. The Balaban J connectivity index is 2.49. The molecule has 0 aliphatic rings. The van der Waals surface area contributed by atoms with Crippen molar-refractivity contribution in [2.24, 2.45) is 11.7 Å². The first kappa shape index (κ1) is 14.9. The molecule has 0 saturated carbocycles. The summed E-state index contributed by atoms with van der Waals surface area (Å²) in [5.74, 6) is 0.169. The molecule has 3 nitrogen and oxygen atoms in total. The molecule has 5 heteroatoms. The minimum Gasteiger partial charge on any atom is -0.389 e. The van der Waals surface area contributed by atoms with Gasteiger partial charge in [0.05, 0.1) is 6.61 Å². The number of hydrogen-bond acceptors (Lipinski definition) is 3. The smallest absolute Gasteiger partial charge is 0.124 e. The fraction of sp³-hybridized carbons (Fsp3) is 0.462. The molecule has 1 aromatic rings. The van der Waals surface area contributed by atoms with Crippen molar-refractivity contribution >= 4 is 22.9 Å². The fourth-order valence-corrected chi connectivity index (χ4v) is 1.62. The van der Waals surface area contributed by atoms with Gasteiger partial charge in [0.2, 0.25) is 0 Å². The maximum absolute atomic E-state index is 13.1. The molecule has 1 aromatic carbocycles. The van der Waals surface area contributed by atoms with Gasteiger partial charge in [-0.3, -0.25) is 0 Å². The molecule has 0 fully saturated rings. The number of ether oxygens (including phenoxy) is 1. The zero-order valence-corrected chi connectivity index (χ0v) is 11.5. The van der Waals surface area contributed by atoms with E-state index in [1.807, 2.05) is 0 Å². The molecule has 1 rings (SSSR count). The molecule has 0 atom stereocenters. The summed E-state index contributed by atoms with van der Waals surface area (Å²) in [5, 5.41) is 3.14. The van der Waals surface area contributed by atoms with Crippen LogP contribution in [0.4, 0.5) is 10.1 Å². The van der Waals surface area contributed by atoms with Crippen LogP contribution >= 0.6 is 12.2 Å². The van der Waals surface area contributed by atoms with Crippen molar-refractivity contribution in [1.29, 1.82) is 0 Å². The number of benzene rings is 1. The summed E-state index contributed by atoms with van der Waals surface area (Å²) in [4.78, 5) is 0.181. The maximum Gasteiger partial charge on any atom is 0.124 e. The second kappa shape index (κ2) is 7.28. The van der Waals surface area contributed by atoms with Crippen molar-refractivity contribution < 1.29 is 9.13 Å². The van der Waals surface area contributed by atoms with Crippen molar-refractivity contribution in [3.05, 3.63) is 29.6 Å². The maximum atomic E-state index is 13.1. The Labute approximate surface area is 113 Å². The number of anilines is 1. The van der Waals surface area contributed by atoms with E-state index in [1.54, 1.807) is 6.07 Å². The van der Waals surface area contributed by atoms with Gasteiger partial charge in [-0.05, 0) is 24.1 Å². The van der Waals surface area contributed by atoms with E-state index >= 15 is 0 Å². The molecule has 0 aliphatic carbocycles.